The molecule has 10 heteroatoms. The predicted molar refractivity (Wildman–Crippen MR) is 133 cm³/mol. The zero-order valence-corrected chi connectivity index (χ0v) is 21.4. The maximum absolute atomic E-state index is 13.4. The molecule has 4 rings (SSSR count). The first-order valence-electron chi connectivity index (χ1n) is 11.6. The van der Waals surface area contributed by atoms with Gasteiger partial charge in [-0.3, -0.25) is 4.79 Å². The number of nitrogens with zero attached hydrogens (tertiary/aromatic N) is 2. The Labute approximate surface area is 217 Å². The third-order valence-electron chi connectivity index (χ3n) is 6.70. The van der Waals surface area contributed by atoms with E-state index < -0.39 is 35.2 Å². The fourth-order valence-electron chi connectivity index (χ4n) is 4.95. The maximum atomic E-state index is 13.4. The summed E-state index contributed by atoms with van der Waals surface area (Å²) in [7, 11) is 1.43. The second-order valence-corrected chi connectivity index (χ2v) is 10.6. The highest BCUT2D eigenvalue weighted by molar-refractivity contribution is 6.36. The van der Waals surface area contributed by atoms with Crippen LogP contribution in [0.4, 0.5) is 18.0 Å². The van der Waals surface area contributed by atoms with E-state index in [0.717, 1.165) is 12.1 Å². The largest absolute Gasteiger partial charge is 0.481 e. The van der Waals surface area contributed by atoms with Crippen molar-refractivity contribution < 1.29 is 32.6 Å². The van der Waals surface area contributed by atoms with Gasteiger partial charge in [0.25, 0.3) is 0 Å². The van der Waals surface area contributed by atoms with Gasteiger partial charge < -0.3 is 14.7 Å². The van der Waals surface area contributed by atoms with E-state index in [-0.39, 0.29) is 29.7 Å². The van der Waals surface area contributed by atoms with E-state index in [1.54, 1.807) is 18.2 Å². The maximum Gasteiger partial charge on any atom is 0.416 e. The third kappa shape index (κ3) is 5.09. The first-order chi connectivity index (χ1) is 17.2. The molecule has 37 heavy (non-hydrogen) atoms. The van der Waals surface area contributed by atoms with Crippen molar-refractivity contribution in [2.75, 3.05) is 13.7 Å². The number of carbonyl (C=O) groups excluding carboxylic acids is 1. The third-order valence-corrected chi connectivity index (χ3v) is 7.13. The van der Waals surface area contributed by atoms with Crippen molar-refractivity contribution >= 4 is 34.4 Å². The van der Waals surface area contributed by atoms with E-state index in [9.17, 15) is 27.9 Å². The second-order valence-electron chi connectivity index (χ2n) is 10.2. The zero-order valence-electron chi connectivity index (χ0n) is 20.7. The van der Waals surface area contributed by atoms with Crippen molar-refractivity contribution in [2.24, 2.45) is 11.3 Å². The molecule has 0 radical (unpaired) electrons. The number of alkyl halides is 3. The summed E-state index contributed by atoms with van der Waals surface area (Å²) in [5.74, 6) is -0.444. The second kappa shape index (κ2) is 9.52. The number of hydrogen-bond acceptors (Lipinski definition) is 4. The standard InChI is InChI=1S/C27H26ClF3N2O4/c1-26(2,3)23-19(13-33(23)25(35)36)22(34)15-7-10-20-17(12-15)21(28)18(24(32-20)37-4)11-14-5-8-16(9-6-14)27(29,30)31/h5-10,12,19,23H,11,13H2,1-4H3,(H,35,36). The molecule has 1 aliphatic rings. The number of amides is 1. The highest BCUT2D eigenvalue weighted by Gasteiger charge is 2.51. The van der Waals surface area contributed by atoms with Crippen LogP contribution in [0.2, 0.25) is 5.02 Å². The SMILES string of the molecule is COc1nc2ccc(C(=O)C3CN(C(=O)O)C3C(C)(C)C)cc2c(Cl)c1Cc1ccc(C(F)(F)F)cc1. The molecule has 2 unspecified atom stereocenters. The van der Waals surface area contributed by atoms with Crippen molar-refractivity contribution in [1.82, 2.24) is 9.88 Å². The van der Waals surface area contributed by atoms with E-state index in [1.165, 1.54) is 24.1 Å². The first kappa shape index (κ1) is 26.7. The molecule has 1 N–H and O–H groups in total. The lowest BCUT2D eigenvalue weighted by Gasteiger charge is -2.52. The number of benzene rings is 2. The lowest BCUT2D eigenvalue weighted by atomic mass is 9.69. The van der Waals surface area contributed by atoms with Gasteiger partial charge >= 0.3 is 12.3 Å². The van der Waals surface area contributed by atoms with Crippen LogP contribution in [0.25, 0.3) is 10.9 Å². The van der Waals surface area contributed by atoms with Crippen molar-refractivity contribution in [1.29, 1.82) is 0 Å². The highest BCUT2D eigenvalue weighted by atomic mass is 35.5. The number of fused-ring (bicyclic) bond motifs is 1. The van der Waals surface area contributed by atoms with Gasteiger partial charge in [0, 0.05) is 29.5 Å². The first-order valence-corrected chi connectivity index (χ1v) is 12.0. The summed E-state index contributed by atoms with van der Waals surface area (Å²) in [5, 5.41) is 10.3. The summed E-state index contributed by atoms with van der Waals surface area (Å²) in [5.41, 5.74) is 0.746. The van der Waals surface area contributed by atoms with Crippen LogP contribution in [-0.4, -0.2) is 46.6 Å². The van der Waals surface area contributed by atoms with Crippen molar-refractivity contribution in [3.05, 3.63) is 69.7 Å². The van der Waals surface area contributed by atoms with Crippen molar-refractivity contribution in [3.8, 4) is 5.88 Å². The van der Waals surface area contributed by atoms with Crippen LogP contribution in [0.5, 0.6) is 5.88 Å². The van der Waals surface area contributed by atoms with Crippen LogP contribution in [0.15, 0.2) is 42.5 Å². The van der Waals surface area contributed by atoms with Gasteiger partial charge in [0.2, 0.25) is 5.88 Å². The molecule has 0 spiro atoms. The Morgan fingerprint density at radius 3 is 2.32 bits per heavy atom. The predicted octanol–water partition coefficient (Wildman–Crippen LogP) is 6.71. The number of hydrogen-bond donors (Lipinski definition) is 1. The topological polar surface area (TPSA) is 79.7 Å². The van der Waals surface area contributed by atoms with E-state index in [2.05, 4.69) is 4.98 Å². The van der Waals surface area contributed by atoms with Gasteiger partial charge in [-0.25, -0.2) is 9.78 Å². The molecule has 0 saturated carbocycles. The average Bonchev–Trinajstić information content (AvgIpc) is 2.78. The fraction of sp³-hybridized carbons (Fsp3) is 0.370. The number of methoxy groups -OCH3 is 1. The van der Waals surface area contributed by atoms with Gasteiger partial charge in [-0.05, 0) is 41.3 Å². The van der Waals surface area contributed by atoms with Crippen LogP contribution >= 0.6 is 11.6 Å². The van der Waals surface area contributed by atoms with Gasteiger partial charge in [-0.1, -0.05) is 44.5 Å². The molecule has 2 heterocycles. The van der Waals surface area contributed by atoms with E-state index >= 15 is 0 Å². The van der Waals surface area contributed by atoms with Crippen molar-refractivity contribution in [2.45, 2.75) is 39.4 Å². The quantitative estimate of drug-likeness (QED) is 0.368. The van der Waals surface area contributed by atoms with Gasteiger partial charge in [-0.15, -0.1) is 0 Å². The summed E-state index contributed by atoms with van der Waals surface area (Å²) in [4.78, 5) is 30.8. The number of rotatable bonds is 5. The van der Waals surface area contributed by atoms with Crippen LogP contribution in [0, 0.1) is 11.3 Å². The van der Waals surface area contributed by atoms with Crippen LogP contribution in [0.1, 0.15) is 47.8 Å². The summed E-state index contributed by atoms with van der Waals surface area (Å²) in [6.07, 6.45) is -5.33. The minimum absolute atomic E-state index is 0.113. The summed E-state index contributed by atoms with van der Waals surface area (Å²) >= 11 is 6.75. The Morgan fingerprint density at radius 1 is 1.14 bits per heavy atom. The molecule has 196 valence electrons. The highest BCUT2D eigenvalue weighted by Crippen LogP contribution is 2.41. The van der Waals surface area contributed by atoms with Crippen LogP contribution < -0.4 is 4.74 Å². The number of halogens is 4. The van der Waals surface area contributed by atoms with Gasteiger partial charge in [0.1, 0.15) is 0 Å². The van der Waals surface area contributed by atoms with Crippen molar-refractivity contribution in [3.63, 3.8) is 0 Å². The molecule has 6 nitrogen and oxygen atoms in total. The Balaban J connectivity index is 1.69. The number of Topliss-reactive ketones (excluding diaryl/α,β-unsaturated/α-hetero) is 1. The molecular formula is C27H26ClF3N2O4. The molecule has 1 fully saturated rings. The fourth-order valence-corrected chi connectivity index (χ4v) is 5.25. The number of ether oxygens (including phenoxy) is 1. The normalized spacial score (nSPS) is 18.0. The number of aromatic nitrogens is 1. The molecule has 1 aliphatic heterocycles. The van der Waals surface area contributed by atoms with Crippen LogP contribution in [-0.2, 0) is 12.6 Å². The molecule has 1 saturated heterocycles. The molecule has 2 atom stereocenters. The summed E-state index contributed by atoms with van der Waals surface area (Å²) < 4.78 is 44.2. The van der Waals surface area contributed by atoms with E-state index in [0.29, 0.717) is 27.6 Å². The summed E-state index contributed by atoms with van der Waals surface area (Å²) in [6.45, 7) is 5.80. The number of carbonyl (C=O) groups is 2. The molecule has 1 aromatic heterocycles. The Morgan fingerprint density at radius 2 is 1.78 bits per heavy atom. The summed E-state index contributed by atoms with van der Waals surface area (Å²) in [6, 6.07) is 9.21. The molecule has 0 aliphatic carbocycles. The molecule has 0 bridgehead atoms. The van der Waals surface area contributed by atoms with Gasteiger partial charge in [0.05, 0.1) is 35.2 Å². The average molecular weight is 535 g/mol. The van der Waals surface area contributed by atoms with E-state index in [4.69, 9.17) is 16.3 Å². The zero-order chi connectivity index (χ0) is 27.3. The van der Waals surface area contributed by atoms with Gasteiger partial charge in [-0.2, -0.15) is 13.2 Å². The molecular weight excluding hydrogens is 509 g/mol. The monoisotopic (exact) mass is 534 g/mol. The molecule has 1 amide bonds. The number of likely N-dealkylation sites (tertiary alicyclic amines) is 1. The van der Waals surface area contributed by atoms with E-state index in [1.807, 2.05) is 20.8 Å². The number of pyridine rings is 1. The lowest BCUT2D eigenvalue weighted by molar-refractivity contribution is -0.137. The lowest BCUT2D eigenvalue weighted by Crippen LogP contribution is -2.65. The molecule has 2 aromatic carbocycles. The Kier molecular flexibility index (Phi) is 6.88. The molecule has 3 aromatic rings. The minimum atomic E-state index is -4.44. The minimum Gasteiger partial charge on any atom is -0.481 e. The number of ketones is 1. The van der Waals surface area contributed by atoms with Gasteiger partial charge in [0.15, 0.2) is 5.78 Å². The smallest absolute Gasteiger partial charge is 0.416 e. The Bertz CT molecular complexity index is 1370. The Hall–Kier alpha value is -3.33. The number of carboxylic acid groups (broad SMARTS) is 1. The van der Waals surface area contributed by atoms with Crippen LogP contribution in [0.3, 0.4) is 0 Å².